The van der Waals surface area contributed by atoms with Gasteiger partial charge in [-0.25, -0.2) is 0 Å². The van der Waals surface area contributed by atoms with Crippen LogP contribution in [0.25, 0.3) is 18.2 Å². The van der Waals surface area contributed by atoms with Crippen LogP contribution in [-0.4, -0.2) is 103 Å². The molecule has 320 valence electrons. The molecule has 5 heterocycles. The Balaban J connectivity index is 0.000000202. The maximum atomic E-state index is 12.3. The molecule has 13 nitrogen and oxygen atoms in total. The summed E-state index contributed by atoms with van der Waals surface area (Å²) < 4.78 is 1.45. The number of hydrogen-bond donors (Lipinski definition) is 3. The van der Waals surface area contributed by atoms with E-state index in [9.17, 15) is 28.8 Å². The number of pyridine rings is 1. The van der Waals surface area contributed by atoms with Crippen LogP contribution in [0.3, 0.4) is 0 Å². The number of aromatic nitrogens is 1. The minimum Gasteiger partial charge on any atom is -0.481 e. The molecule has 1 aromatic carbocycles. The molecule has 0 atom stereocenters. The summed E-state index contributed by atoms with van der Waals surface area (Å²) in [7, 11) is 0. The van der Waals surface area contributed by atoms with Crippen molar-refractivity contribution in [1.82, 2.24) is 19.7 Å². The molecule has 2 aromatic heterocycles. The van der Waals surface area contributed by atoms with E-state index in [-0.39, 0.29) is 37.0 Å². The Hall–Kier alpha value is -4.57. The second-order valence-electron chi connectivity index (χ2n) is 13.1. The molecule has 0 bridgehead atoms. The third-order valence-corrected chi connectivity index (χ3v) is 13.5. The molecule has 0 saturated carbocycles. The number of benzene rings is 1. The number of amides is 3. The maximum Gasteiger partial charge on any atom is 0.303 e. The standard InChI is InChI=1S/C16H17NO3S2.C13H12N2O3S2.C12H11NO3S3/c1-10-5-6-12(8-11(10)2)9-13-15(20)17(16(21)22-13)7-3-4-14(18)19;16-11(17)5-3-7-15-12(18)10(20-13(15)19)8-9-4-1-2-6-14-9;14-10(15)4-1-5-13-11(16)9(19-12(13)17)7-8-3-2-6-18-8/h5-6,8-9H,3-4,7H2,1-2H3,(H,18,19);1-2,4,6,8H,3,5,7H2,(H,16,17);2-3,6-7H,1,4-5H2,(H,14,15)/b13-9-;10-8-;9-7-. The van der Waals surface area contributed by atoms with Gasteiger partial charge in [0.1, 0.15) is 13.0 Å². The molecule has 3 N–H and O–H groups in total. The quantitative estimate of drug-likeness (QED) is 0.0974. The van der Waals surface area contributed by atoms with Crippen LogP contribution < -0.4 is 0 Å². The number of rotatable bonds is 15. The van der Waals surface area contributed by atoms with Crippen molar-refractivity contribution in [2.24, 2.45) is 0 Å². The Labute approximate surface area is 385 Å². The highest BCUT2D eigenvalue weighted by molar-refractivity contribution is 8.27. The van der Waals surface area contributed by atoms with Crippen LogP contribution in [0.15, 0.2) is 74.8 Å². The number of aliphatic carboxylic acids is 3. The molecule has 6 rings (SSSR count). The number of thiophene rings is 1. The van der Waals surface area contributed by atoms with Crippen molar-refractivity contribution in [2.75, 3.05) is 19.6 Å². The third-order valence-electron chi connectivity index (χ3n) is 8.55. The largest absolute Gasteiger partial charge is 0.481 e. The number of aryl methyl sites for hydroxylation is 2. The number of nitrogens with zero attached hydrogens (tertiary/aromatic N) is 4. The van der Waals surface area contributed by atoms with Crippen molar-refractivity contribution in [2.45, 2.75) is 52.4 Å². The molecular formula is C41H40N4O9S7. The van der Waals surface area contributed by atoms with E-state index in [0.29, 0.717) is 72.3 Å². The fourth-order valence-corrected chi connectivity index (χ4v) is 9.98. The summed E-state index contributed by atoms with van der Waals surface area (Å²) >= 11 is 20.8. The number of thiocarbonyl (C=S) groups is 3. The Morgan fingerprint density at radius 3 is 1.51 bits per heavy atom. The van der Waals surface area contributed by atoms with Crippen molar-refractivity contribution in [3.05, 3.63) is 102 Å². The highest BCUT2D eigenvalue weighted by Crippen LogP contribution is 2.35. The monoisotopic (exact) mass is 956 g/mol. The van der Waals surface area contributed by atoms with Gasteiger partial charge < -0.3 is 15.3 Å². The topological polar surface area (TPSA) is 186 Å². The van der Waals surface area contributed by atoms with Crippen molar-refractivity contribution < 1.29 is 44.1 Å². The van der Waals surface area contributed by atoms with Crippen molar-refractivity contribution in [3.63, 3.8) is 0 Å². The van der Waals surface area contributed by atoms with Crippen molar-refractivity contribution >= 4 is 150 Å². The molecular weight excluding hydrogens is 917 g/mol. The van der Waals surface area contributed by atoms with Crippen LogP contribution >= 0.6 is 83.3 Å². The summed E-state index contributed by atoms with van der Waals surface area (Å²) in [5, 5.41) is 27.8. The van der Waals surface area contributed by atoms with E-state index >= 15 is 0 Å². The van der Waals surface area contributed by atoms with Gasteiger partial charge in [-0.15, -0.1) is 11.3 Å². The molecule has 3 saturated heterocycles. The summed E-state index contributed by atoms with van der Waals surface area (Å²) in [5.41, 5.74) is 4.04. The lowest BCUT2D eigenvalue weighted by atomic mass is 10.1. The number of carboxylic acid groups (broad SMARTS) is 3. The minimum atomic E-state index is -0.875. The number of carbonyl (C=O) groups excluding carboxylic acids is 3. The van der Waals surface area contributed by atoms with Crippen molar-refractivity contribution in [3.8, 4) is 0 Å². The predicted molar refractivity (Wildman–Crippen MR) is 255 cm³/mol. The number of carboxylic acids is 3. The van der Waals surface area contributed by atoms with Crippen LogP contribution in [0, 0.1) is 13.8 Å². The van der Waals surface area contributed by atoms with Crippen molar-refractivity contribution in [1.29, 1.82) is 0 Å². The summed E-state index contributed by atoms with van der Waals surface area (Å²) in [5.74, 6) is -3.06. The normalized spacial score (nSPS) is 17.0. The third kappa shape index (κ3) is 15.4. The fraction of sp³-hybridized carbons (Fsp3) is 0.268. The van der Waals surface area contributed by atoms with Gasteiger partial charge in [-0.05, 0) is 91.6 Å². The van der Waals surface area contributed by atoms with Gasteiger partial charge in [0, 0.05) is 50.0 Å². The summed E-state index contributed by atoms with van der Waals surface area (Å²) in [6, 6.07) is 15.3. The number of thioether (sulfide) groups is 3. The molecule has 0 spiro atoms. The number of carbonyl (C=O) groups is 6. The Bertz CT molecular complexity index is 2280. The lowest BCUT2D eigenvalue weighted by molar-refractivity contribution is -0.138. The van der Waals surface area contributed by atoms with Gasteiger partial charge in [0.25, 0.3) is 17.7 Å². The molecule has 3 aromatic rings. The molecule has 61 heavy (non-hydrogen) atoms. The first-order valence-electron chi connectivity index (χ1n) is 18.5. The highest BCUT2D eigenvalue weighted by Gasteiger charge is 2.33. The van der Waals surface area contributed by atoms with Gasteiger partial charge >= 0.3 is 17.9 Å². The van der Waals surface area contributed by atoms with Gasteiger partial charge in [-0.2, -0.15) is 0 Å². The maximum absolute atomic E-state index is 12.3. The van der Waals surface area contributed by atoms with Gasteiger partial charge in [0.15, 0.2) is 0 Å². The van der Waals surface area contributed by atoms with Crippen LogP contribution in [0.2, 0.25) is 0 Å². The second-order valence-corrected chi connectivity index (χ2v) is 19.1. The number of hydrogen-bond acceptors (Lipinski definition) is 14. The molecule has 0 radical (unpaired) electrons. The summed E-state index contributed by atoms with van der Waals surface area (Å²) in [6.45, 7) is 5.11. The summed E-state index contributed by atoms with van der Waals surface area (Å²) in [4.78, 5) is 79.4. The minimum absolute atomic E-state index is 0.0242. The molecule has 20 heteroatoms. The zero-order valence-corrected chi connectivity index (χ0v) is 38.5. The van der Waals surface area contributed by atoms with Gasteiger partial charge in [-0.3, -0.25) is 48.5 Å². The van der Waals surface area contributed by atoms with E-state index < -0.39 is 17.9 Å². The molecule has 3 amide bonds. The van der Waals surface area contributed by atoms with E-state index in [1.165, 1.54) is 61.1 Å². The van der Waals surface area contributed by atoms with E-state index in [1.807, 2.05) is 67.8 Å². The molecule has 3 aliphatic heterocycles. The average Bonchev–Trinajstić information content (AvgIpc) is 3.95. The van der Waals surface area contributed by atoms with Crippen LogP contribution in [0.4, 0.5) is 0 Å². The first-order valence-corrected chi connectivity index (χ1v) is 23.0. The SMILES string of the molecule is Cc1ccc(/C=C2\SC(=S)N(CCCC(=O)O)C2=O)cc1C.O=C(O)CCCN1C(=O)/C(=C/c2ccccn2)SC1=S.O=C(O)CCCN1C(=O)/C(=C/c2cccs2)SC1=S. The van der Waals surface area contributed by atoms with Crippen LogP contribution in [0.1, 0.15) is 65.8 Å². The van der Waals surface area contributed by atoms with E-state index in [2.05, 4.69) is 4.98 Å². The van der Waals surface area contributed by atoms with E-state index in [1.54, 1.807) is 35.7 Å². The zero-order chi connectivity index (χ0) is 44.6. The average molecular weight is 957 g/mol. The lowest BCUT2D eigenvalue weighted by Gasteiger charge is -2.13. The van der Waals surface area contributed by atoms with Gasteiger partial charge in [0.2, 0.25) is 0 Å². The van der Waals surface area contributed by atoms with Gasteiger partial charge in [-0.1, -0.05) is 102 Å². The van der Waals surface area contributed by atoms with E-state index in [4.69, 9.17) is 52.0 Å². The van der Waals surface area contributed by atoms with Crippen LogP contribution in [0.5, 0.6) is 0 Å². The predicted octanol–water partition coefficient (Wildman–Crippen LogP) is 8.33. The Kier molecular flexibility index (Phi) is 19.4. The van der Waals surface area contributed by atoms with Gasteiger partial charge in [0.05, 0.1) is 20.4 Å². The fourth-order valence-electron chi connectivity index (χ4n) is 5.35. The Morgan fingerprint density at radius 1 is 0.623 bits per heavy atom. The van der Waals surface area contributed by atoms with Crippen LogP contribution in [-0.2, 0) is 28.8 Å². The Morgan fingerprint density at radius 2 is 1.10 bits per heavy atom. The molecule has 0 unspecified atom stereocenters. The zero-order valence-electron chi connectivity index (χ0n) is 32.8. The van der Waals surface area contributed by atoms with E-state index in [0.717, 1.165) is 10.4 Å². The lowest BCUT2D eigenvalue weighted by Crippen LogP contribution is -2.29. The molecule has 3 aliphatic rings. The second kappa shape index (κ2) is 24.2. The smallest absolute Gasteiger partial charge is 0.303 e. The summed E-state index contributed by atoms with van der Waals surface area (Å²) in [6.07, 6.45) is 8.30. The molecule has 3 fully saturated rings. The first kappa shape index (κ1) is 49.1. The highest BCUT2D eigenvalue weighted by atomic mass is 32.2. The first-order chi connectivity index (χ1) is 29.0. The molecule has 0 aliphatic carbocycles.